The third-order valence-electron chi connectivity index (χ3n) is 11.7. The Kier molecular flexibility index (Phi) is 9.58. The number of nitro groups is 1. The summed E-state index contributed by atoms with van der Waals surface area (Å²) in [6.07, 6.45) is -2.79. The number of non-ortho nitro benzene ring substituents is 1. The number of amides is 4. The van der Waals surface area contributed by atoms with E-state index in [1.807, 2.05) is 0 Å². The van der Waals surface area contributed by atoms with Gasteiger partial charge in [0.2, 0.25) is 11.8 Å². The minimum Gasteiger partial charge on any atom is -0.507 e. The molecule has 3 heterocycles. The van der Waals surface area contributed by atoms with Gasteiger partial charge in [-0.2, -0.15) is 18.2 Å². The molecule has 4 aliphatic rings. The minimum atomic E-state index is -4.80. The normalized spacial score (nSPS) is 25.0. The number of phenols is 1. The number of carbonyl (C=O) groups excluding carboxylic acids is 4. The largest absolute Gasteiger partial charge is 0.507 e. The number of nitro benzene ring substituents is 1. The van der Waals surface area contributed by atoms with Gasteiger partial charge >= 0.3 is 6.18 Å². The van der Waals surface area contributed by atoms with E-state index in [0.717, 1.165) is 4.90 Å². The number of nitrogens with zero attached hydrogens (tertiary/aromatic N) is 4. The summed E-state index contributed by atoms with van der Waals surface area (Å²) in [5.74, 6) is -9.22. The van der Waals surface area contributed by atoms with Crippen molar-refractivity contribution in [2.75, 3.05) is 24.5 Å². The van der Waals surface area contributed by atoms with Crippen LogP contribution in [0.3, 0.4) is 0 Å². The van der Waals surface area contributed by atoms with Gasteiger partial charge in [0.05, 0.1) is 58.6 Å². The summed E-state index contributed by atoms with van der Waals surface area (Å²) < 4.78 is 51.8. The van der Waals surface area contributed by atoms with Crippen molar-refractivity contribution in [1.29, 1.82) is 0 Å². The molecule has 304 valence electrons. The SMILES string of the molecule is COc1cc(O)c([C@H]2C3=CC[C@@H]4C(=O)N(c5ccc([N+](=O)[O-])cc5)C(=O)[C@@H]4[C@@H]3C[C@H]3C(=O)N(Nc4ncc(C(F)(F)F)cc4Cl)C(=O)[C@@]23c2ccc(Cl)cc2)c(OC)c1. The number of pyridine rings is 1. The summed E-state index contributed by atoms with van der Waals surface area (Å²) in [7, 11) is 2.69. The van der Waals surface area contributed by atoms with E-state index in [9.17, 15) is 42.8 Å². The van der Waals surface area contributed by atoms with Crippen molar-refractivity contribution in [3.8, 4) is 17.2 Å². The van der Waals surface area contributed by atoms with Crippen LogP contribution in [0.1, 0.15) is 35.4 Å². The molecule has 1 saturated carbocycles. The highest BCUT2D eigenvalue weighted by Gasteiger charge is 2.71. The Labute approximate surface area is 342 Å². The zero-order valence-electron chi connectivity index (χ0n) is 30.7. The number of fused-ring (bicyclic) bond motifs is 4. The second-order valence-electron chi connectivity index (χ2n) is 14.5. The lowest BCUT2D eigenvalue weighted by atomic mass is 9.49. The maximum atomic E-state index is 15.5. The molecule has 0 bridgehead atoms. The van der Waals surface area contributed by atoms with Crippen LogP contribution in [-0.2, 0) is 30.8 Å². The van der Waals surface area contributed by atoms with Gasteiger partial charge in [0, 0.05) is 47.0 Å². The molecule has 2 N–H and O–H groups in total. The summed E-state index contributed by atoms with van der Waals surface area (Å²) in [4.78, 5) is 74.5. The summed E-state index contributed by atoms with van der Waals surface area (Å²) in [5.41, 5.74) is -0.0217. The zero-order chi connectivity index (χ0) is 42.3. The fourth-order valence-electron chi connectivity index (χ4n) is 9.24. The first-order valence-electron chi connectivity index (χ1n) is 17.9. The number of ether oxygens (including phenoxy) is 2. The molecule has 3 aromatic carbocycles. The second kappa shape index (κ2) is 14.3. The highest BCUT2D eigenvalue weighted by Crippen LogP contribution is 2.66. The van der Waals surface area contributed by atoms with Gasteiger partial charge < -0.3 is 14.6 Å². The number of carbonyl (C=O) groups is 4. The van der Waals surface area contributed by atoms with Crippen molar-refractivity contribution >= 4 is 64.0 Å². The molecule has 2 aliphatic heterocycles. The van der Waals surface area contributed by atoms with Gasteiger partial charge in [-0.1, -0.05) is 47.0 Å². The standard InChI is InChI=1S/C40H30Cl2F3N5O9/c1-58-23-14-29(51)32(30(15-23)59-2)33-24-11-12-25-31(37(54)48(35(25)52)21-7-9-22(10-8-21)50(56)57)26(24)16-27-36(53)49(38(55)39(27,33)18-3-5-20(41)6-4-18)47-34-28(42)13-19(17-46-34)40(43,44)45/h3-11,13-15,17,25-27,31,33,51H,12,16H2,1-2H3,(H,46,47)/t25-,26+,27-,31-,33+,39+/m0/s1. The van der Waals surface area contributed by atoms with Crippen LogP contribution in [0.5, 0.6) is 17.2 Å². The smallest absolute Gasteiger partial charge is 0.417 e. The Balaban J connectivity index is 1.33. The van der Waals surface area contributed by atoms with Gasteiger partial charge in [-0.3, -0.25) is 39.6 Å². The van der Waals surface area contributed by atoms with E-state index in [-0.39, 0.29) is 51.9 Å². The quantitative estimate of drug-likeness (QED) is 0.0790. The Morgan fingerprint density at radius 3 is 2.25 bits per heavy atom. The first kappa shape index (κ1) is 39.6. The molecule has 2 saturated heterocycles. The minimum absolute atomic E-state index is 0.00314. The molecule has 6 atom stereocenters. The fourth-order valence-corrected chi connectivity index (χ4v) is 9.57. The lowest BCUT2D eigenvalue weighted by Gasteiger charge is -2.50. The molecule has 0 radical (unpaired) electrons. The Hall–Kier alpha value is -6.20. The van der Waals surface area contributed by atoms with Gasteiger partial charge in [-0.05, 0) is 54.7 Å². The molecule has 2 aliphatic carbocycles. The summed E-state index contributed by atoms with van der Waals surface area (Å²) in [5, 5.41) is 23.6. The van der Waals surface area contributed by atoms with Crippen molar-refractivity contribution in [1.82, 2.24) is 9.99 Å². The highest BCUT2D eigenvalue weighted by atomic mass is 35.5. The summed E-state index contributed by atoms with van der Waals surface area (Å²) >= 11 is 12.6. The van der Waals surface area contributed by atoms with E-state index in [2.05, 4.69) is 10.4 Å². The second-order valence-corrected chi connectivity index (χ2v) is 15.3. The summed E-state index contributed by atoms with van der Waals surface area (Å²) in [6, 6.07) is 14.4. The number of halogens is 5. The molecule has 0 unspecified atom stereocenters. The number of methoxy groups -OCH3 is 2. The Morgan fingerprint density at radius 1 is 0.949 bits per heavy atom. The third-order valence-corrected chi connectivity index (χ3v) is 12.3. The van der Waals surface area contributed by atoms with E-state index >= 15 is 4.79 Å². The molecule has 4 aromatic rings. The van der Waals surface area contributed by atoms with E-state index in [4.69, 9.17) is 32.7 Å². The van der Waals surface area contributed by atoms with Gasteiger partial charge in [0.1, 0.15) is 17.2 Å². The van der Waals surface area contributed by atoms with E-state index in [0.29, 0.717) is 22.8 Å². The van der Waals surface area contributed by atoms with Gasteiger partial charge in [0.15, 0.2) is 5.82 Å². The van der Waals surface area contributed by atoms with Gasteiger partial charge in [0.25, 0.3) is 17.5 Å². The Morgan fingerprint density at radius 2 is 1.64 bits per heavy atom. The molecule has 3 fully saturated rings. The van der Waals surface area contributed by atoms with Crippen molar-refractivity contribution in [2.24, 2.45) is 23.7 Å². The Bertz CT molecular complexity index is 2500. The van der Waals surface area contributed by atoms with Crippen LogP contribution in [-0.4, -0.2) is 57.9 Å². The van der Waals surface area contributed by atoms with E-state index in [1.54, 1.807) is 18.2 Å². The molecule has 59 heavy (non-hydrogen) atoms. The van der Waals surface area contributed by atoms with E-state index < -0.39 is 91.9 Å². The van der Waals surface area contributed by atoms with Crippen LogP contribution >= 0.6 is 23.2 Å². The number of nitrogens with one attached hydrogen (secondary N) is 1. The summed E-state index contributed by atoms with van der Waals surface area (Å²) in [6.45, 7) is 0. The monoisotopic (exact) mass is 851 g/mol. The number of hydrogen-bond acceptors (Lipinski definition) is 11. The number of rotatable bonds is 8. The van der Waals surface area contributed by atoms with Crippen LogP contribution in [0.4, 0.5) is 30.4 Å². The maximum Gasteiger partial charge on any atom is 0.417 e. The number of phenolic OH excluding ortho intramolecular Hbond substituents is 1. The molecule has 4 amide bonds. The number of benzene rings is 3. The first-order valence-corrected chi connectivity index (χ1v) is 18.7. The van der Waals surface area contributed by atoms with Crippen LogP contribution in [0.25, 0.3) is 0 Å². The molecule has 8 rings (SSSR count). The van der Waals surface area contributed by atoms with Gasteiger partial charge in [-0.25, -0.2) is 4.98 Å². The van der Waals surface area contributed by atoms with E-state index in [1.165, 1.54) is 62.8 Å². The van der Waals surface area contributed by atoms with Crippen LogP contribution in [0, 0.1) is 33.8 Å². The topological polar surface area (TPSA) is 182 Å². The number of imide groups is 2. The predicted molar refractivity (Wildman–Crippen MR) is 204 cm³/mol. The number of aromatic nitrogens is 1. The first-order chi connectivity index (χ1) is 28.0. The molecule has 0 spiro atoms. The number of allylic oxidation sites excluding steroid dienone is 2. The number of hydrogen-bond donors (Lipinski definition) is 2. The molecule has 1 aromatic heterocycles. The highest BCUT2D eigenvalue weighted by molar-refractivity contribution is 6.33. The van der Waals surface area contributed by atoms with Crippen molar-refractivity contribution < 1.29 is 51.9 Å². The van der Waals surface area contributed by atoms with Crippen molar-refractivity contribution in [3.05, 3.63) is 121 Å². The van der Waals surface area contributed by atoms with Crippen LogP contribution in [0.15, 0.2) is 84.6 Å². The number of aromatic hydroxyl groups is 1. The average Bonchev–Trinajstić information content (AvgIpc) is 3.58. The zero-order valence-corrected chi connectivity index (χ0v) is 32.2. The predicted octanol–water partition coefficient (Wildman–Crippen LogP) is 7.23. The molecular formula is C40H30Cl2F3N5O9. The average molecular weight is 853 g/mol. The molecular weight excluding hydrogens is 822 g/mol. The lowest BCUT2D eigenvalue weighted by Crippen LogP contribution is -2.53. The van der Waals surface area contributed by atoms with Crippen molar-refractivity contribution in [2.45, 2.75) is 30.4 Å². The number of hydrazine groups is 1. The lowest BCUT2D eigenvalue weighted by molar-refractivity contribution is -0.384. The van der Waals surface area contributed by atoms with Crippen molar-refractivity contribution in [3.63, 3.8) is 0 Å². The van der Waals surface area contributed by atoms with Crippen LogP contribution < -0.4 is 19.8 Å². The van der Waals surface area contributed by atoms with Gasteiger partial charge in [-0.15, -0.1) is 0 Å². The fraction of sp³-hybridized carbons (Fsp3) is 0.275. The molecule has 14 nitrogen and oxygen atoms in total. The maximum absolute atomic E-state index is 15.5. The van der Waals surface area contributed by atoms with Crippen LogP contribution in [0.2, 0.25) is 10.0 Å². The molecule has 19 heteroatoms. The number of alkyl halides is 3. The third kappa shape index (κ3) is 6.04. The number of anilines is 2.